The first-order chi connectivity index (χ1) is 6.71. The van der Waals surface area contributed by atoms with E-state index >= 15 is 0 Å². The maximum absolute atomic E-state index is 14.3. The van der Waals surface area contributed by atoms with Gasteiger partial charge in [-0.2, -0.15) is 0 Å². The van der Waals surface area contributed by atoms with E-state index in [4.69, 9.17) is 0 Å². The summed E-state index contributed by atoms with van der Waals surface area (Å²) in [7, 11) is 0. The summed E-state index contributed by atoms with van der Waals surface area (Å²) in [5, 5.41) is 3.09. The van der Waals surface area contributed by atoms with Crippen LogP contribution in [0.5, 0.6) is 0 Å². The lowest BCUT2D eigenvalue weighted by atomic mass is 9.87. The van der Waals surface area contributed by atoms with E-state index in [1.54, 1.807) is 12.1 Å². The van der Waals surface area contributed by atoms with Crippen LogP contribution >= 0.6 is 0 Å². The zero-order chi connectivity index (χ0) is 10.0. The summed E-state index contributed by atoms with van der Waals surface area (Å²) in [6.07, 6.45) is 0.854. The van der Waals surface area contributed by atoms with Gasteiger partial charge in [0.2, 0.25) is 0 Å². The SMILES string of the molecule is Fc1cccc(C2(F)CCNCC2)c1. The molecule has 14 heavy (non-hydrogen) atoms. The highest BCUT2D eigenvalue weighted by Crippen LogP contribution is 2.34. The van der Waals surface area contributed by atoms with Crippen LogP contribution in [0.2, 0.25) is 0 Å². The quantitative estimate of drug-likeness (QED) is 0.728. The Morgan fingerprint density at radius 2 is 1.93 bits per heavy atom. The molecule has 1 nitrogen and oxygen atoms in total. The molecule has 1 N–H and O–H groups in total. The van der Waals surface area contributed by atoms with Crippen molar-refractivity contribution in [1.29, 1.82) is 0 Å². The van der Waals surface area contributed by atoms with Crippen molar-refractivity contribution in [2.45, 2.75) is 18.5 Å². The standard InChI is InChI=1S/C11H13F2N/c12-10-3-1-2-9(8-10)11(13)4-6-14-7-5-11/h1-3,8,14H,4-7H2. The van der Waals surface area contributed by atoms with Crippen LogP contribution in [-0.4, -0.2) is 13.1 Å². The summed E-state index contributed by atoms with van der Waals surface area (Å²) in [6.45, 7) is 1.32. The molecule has 0 aliphatic carbocycles. The first-order valence-corrected chi connectivity index (χ1v) is 4.86. The van der Waals surface area contributed by atoms with Crippen LogP contribution in [0.1, 0.15) is 18.4 Å². The van der Waals surface area contributed by atoms with Gasteiger partial charge in [-0.1, -0.05) is 12.1 Å². The lowest BCUT2D eigenvalue weighted by molar-refractivity contribution is 0.115. The van der Waals surface area contributed by atoms with E-state index in [1.165, 1.54) is 12.1 Å². The summed E-state index contributed by atoms with van der Waals surface area (Å²) in [5.74, 6) is -0.363. The molecule has 0 bridgehead atoms. The second-order valence-corrected chi connectivity index (χ2v) is 3.73. The zero-order valence-electron chi connectivity index (χ0n) is 7.89. The molecule has 0 amide bonds. The van der Waals surface area contributed by atoms with Crippen LogP contribution in [-0.2, 0) is 5.67 Å². The lowest BCUT2D eigenvalue weighted by Crippen LogP contribution is -2.36. The van der Waals surface area contributed by atoms with E-state index in [1.807, 2.05) is 0 Å². The molecule has 0 radical (unpaired) electrons. The Kier molecular flexibility index (Phi) is 2.50. The Balaban J connectivity index is 2.28. The molecule has 1 aliphatic rings. The maximum atomic E-state index is 14.3. The van der Waals surface area contributed by atoms with Gasteiger partial charge in [0.1, 0.15) is 11.5 Å². The number of alkyl halides is 1. The van der Waals surface area contributed by atoms with Crippen LogP contribution in [0.15, 0.2) is 24.3 Å². The first kappa shape index (κ1) is 9.59. The summed E-state index contributed by atoms with van der Waals surface area (Å²) < 4.78 is 27.2. The van der Waals surface area contributed by atoms with E-state index in [2.05, 4.69) is 5.32 Å². The summed E-state index contributed by atoms with van der Waals surface area (Å²) in [5.41, 5.74) is -0.869. The van der Waals surface area contributed by atoms with Crippen molar-refractivity contribution in [3.63, 3.8) is 0 Å². The third-order valence-electron chi connectivity index (χ3n) is 2.74. The first-order valence-electron chi connectivity index (χ1n) is 4.86. The van der Waals surface area contributed by atoms with Gasteiger partial charge in [-0.25, -0.2) is 8.78 Å². The van der Waals surface area contributed by atoms with Gasteiger partial charge in [-0.3, -0.25) is 0 Å². The summed E-state index contributed by atoms with van der Waals surface area (Å²) in [6, 6.07) is 5.86. The predicted molar refractivity (Wildman–Crippen MR) is 51.3 cm³/mol. The fraction of sp³-hybridized carbons (Fsp3) is 0.455. The Morgan fingerprint density at radius 1 is 1.21 bits per heavy atom. The van der Waals surface area contributed by atoms with Gasteiger partial charge >= 0.3 is 0 Å². The van der Waals surface area contributed by atoms with Crippen LogP contribution in [0.25, 0.3) is 0 Å². The molecule has 1 heterocycles. The monoisotopic (exact) mass is 197 g/mol. The molecular weight excluding hydrogens is 184 g/mol. The molecule has 1 aliphatic heterocycles. The maximum Gasteiger partial charge on any atom is 0.138 e. The van der Waals surface area contributed by atoms with Crippen molar-refractivity contribution in [3.8, 4) is 0 Å². The molecule has 0 unspecified atom stereocenters. The largest absolute Gasteiger partial charge is 0.316 e. The molecule has 1 saturated heterocycles. The van der Waals surface area contributed by atoms with Gasteiger partial charge in [0.05, 0.1) is 0 Å². The van der Waals surface area contributed by atoms with E-state index in [9.17, 15) is 8.78 Å². The number of benzene rings is 1. The predicted octanol–water partition coefficient (Wildman–Crippen LogP) is 2.37. The Morgan fingerprint density at radius 3 is 2.57 bits per heavy atom. The Bertz CT molecular complexity index is 319. The summed E-state index contributed by atoms with van der Waals surface area (Å²) in [4.78, 5) is 0. The van der Waals surface area contributed by atoms with Crippen molar-refractivity contribution >= 4 is 0 Å². The highest BCUT2D eigenvalue weighted by Gasteiger charge is 2.33. The van der Waals surface area contributed by atoms with Crippen LogP contribution in [0, 0.1) is 5.82 Å². The molecule has 0 spiro atoms. The number of nitrogens with one attached hydrogen (secondary N) is 1. The number of rotatable bonds is 1. The average molecular weight is 197 g/mol. The second kappa shape index (κ2) is 3.65. The number of piperidine rings is 1. The third kappa shape index (κ3) is 1.77. The highest BCUT2D eigenvalue weighted by molar-refractivity contribution is 5.24. The van der Waals surface area contributed by atoms with E-state index < -0.39 is 5.67 Å². The van der Waals surface area contributed by atoms with Gasteiger partial charge in [0.15, 0.2) is 0 Å². The minimum absolute atomic E-state index is 0.363. The lowest BCUT2D eigenvalue weighted by Gasteiger charge is -2.30. The van der Waals surface area contributed by atoms with Crippen molar-refractivity contribution in [2.75, 3.05) is 13.1 Å². The number of halogens is 2. The third-order valence-corrected chi connectivity index (χ3v) is 2.74. The molecule has 76 valence electrons. The zero-order valence-corrected chi connectivity index (χ0v) is 7.89. The molecule has 0 aromatic heterocycles. The number of hydrogen-bond donors (Lipinski definition) is 1. The van der Waals surface area contributed by atoms with Gasteiger partial charge in [-0.15, -0.1) is 0 Å². The van der Waals surface area contributed by atoms with E-state index in [0.29, 0.717) is 31.5 Å². The highest BCUT2D eigenvalue weighted by atomic mass is 19.1. The van der Waals surface area contributed by atoms with Crippen molar-refractivity contribution in [2.24, 2.45) is 0 Å². The van der Waals surface area contributed by atoms with Crippen molar-refractivity contribution in [1.82, 2.24) is 5.32 Å². The van der Waals surface area contributed by atoms with Gasteiger partial charge < -0.3 is 5.32 Å². The normalized spacial score (nSPS) is 20.7. The fourth-order valence-corrected chi connectivity index (χ4v) is 1.88. The molecular formula is C11H13F2N. The van der Waals surface area contributed by atoms with Crippen molar-refractivity contribution in [3.05, 3.63) is 35.6 Å². The van der Waals surface area contributed by atoms with Crippen molar-refractivity contribution < 1.29 is 8.78 Å². The fourth-order valence-electron chi connectivity index (χ4n) is 1.88. The van der Waals surface area contributed by atoms with Gasteiger partial charge in [-0.05, 0) is 43.6 Å². The van der Waals surface area contributed by atoms with Gasteiger partial charge in [0.25, 0.3) is 0 Å². The van der Waals surface area contributed by atoms with Crippen LogP contribution < -0.4 is 5.32 Å². The van der Waals surface area contributed by atoms with Gasteiger partial charge in [0, 0.05) is 0 Å². The molecule has 2 rings (SSSR count). The minimum atomic E-state index is -1.34. The van der Waals surface area contributed by atoms with Crippen LogP contribution in [0.4, 0.5) is 8.78 Å². The minimum Gasteiger partial charge on any atom is -0.316 e. The molecule has 3 heteroatoms. The summed E-state index contributed by atoms with van der Waals surface area (Å²) >= 11 is 0. The smallest absolute Gasteiger partial charge is 0.138 e. The number of hydrogen-bond acceptors (Lipinski definition) is 1. The molecule has 1 fully saturated rings. The molecule has 0 saturated carbocycles. The van der Waals surface area contributed by atoms with E-state index in [-0.39, 0.29) is 5.82 Å². The Hall–Kier alpha value is -0.960. The van der Waals surface area contributed by atoms with Crippen LogP contribution in [0.3, 0.4) is 0 Å². The van der Waals surface area contributed by atoms with E-state index in [0.717, 1.165) is 0 Å². The average Bonchev–Trinajstić information content (AvgIpc) is 2.19. The second-order valence-electron chi connectivity index (χ2n) is 3.73. The topological polar surface area (TPSA) is 12.0 Å². The molecule has 1 aromatic rings. The Labute approximate surface area is 82.1 Å². The molecule has 1 aromatic carbocycles. The molecule has 0 atom stereocenters.